The Morgan fingerprint density at radius 3 is 2.62 bits per heavy atom. The molecule has 2 aliphatic rings. The second-order valence-electron chi connectivity index (χ2n) is 8.78. The van der Waals surface area contributed by atoms with Gasteiger partial charge in [0.2, 0.25) is 23.5 Å². The molecule has 3 heterocycles. The number of nitrogens with one attached hydrogen (secondary N) is 1. The smallest absolute Gasteiger partial charge is 0.241 e. The summed E-state index contributed by atoms with van der Waals surface area (Å²) in [7, 11) is 0. The highest BCUT2D eigenvalue weighted by molar-refractivity contribution is 6.30. The molecule has 0 radical (unpaired) electrons. The van der Waals surface area contributed by atoms with E-state index >= 15 is 0 Å². The van der Waals surface area contributed by atoms with Crippen LogP contribution in [0.5, 0.6) is 0 Å². The molecule has 2 fully saturated rings. The molecule has 8 nitrogen and oxygen atoms in total. The molecule has 0 aliphatic carbocycles. The van der Waals surface area contributed by atoms with E-state index in [0.717, 1.165) is 49.3 Å². The van der Waals surface area contributed by atoms with Crippen molar-refractivity contribution < 1.29 is 14.1 Å². The quantitative estimate of drug-likeness (QED) is 0.564. The number of amides is 2. The van der Waals surface area contributed by atoms with Crippen LogP contribution in [0.25, 0.3) is 11.4 Å². The van der Waals surface area contributed by atoms with Crippen LogP contribution in [0.4, 0.5) is 11.4 Å². The second-order valence-corrected chi connectivity index (χ2v) is 9.21. The van der Waals surface area contributed by atoms with Crippen molar-refractivity contribution >= 4 is 34.8 Å². The molecule has 0 saturated carbocycles. The number of piperidine rings is 1. The third-order valence-electron chi connectivity index (χ3n) is 6.33. The molecule has 2 saturated heterocycles. The predicted octanol–water partition coefficient (Wildman–Crippen LogP) is 4.37. The van der Waals surface area contributed by atoms with Gasteiger partial charge in [-0.25, -0.2) is 0 Å². The summed E-state index contributed by atoms with van der Waals surface area (Å²) in [6, 6.07) is 14.8. The number of halogens is 1. The first-order chi connectivity index (χ1) is 16.5. The van der Waals surface area contributed by atoms with Gasteiger partial charge in [-0.05, 0) is 74.3 Å². The van der Waals surface area contributed by atoms with Gasteiger partial charge in [0.05, 0.1) is 12.5 Å². The first-order valence-electron chi connectivity index (χ1n) is 11.6. The second kappa shape index (κ2) is 9.95. The SMILES string of the molecule is O=C(Nc1ccc(N2CCCC2=O)cc1)C1CCCN(Cc2nc(-c3ccc(Cl)cc3)no2)C1. The lowest BCUT2D eigenvalue weighted by Gasteiger charge is -2.30. The Kier molecular flexibility index (Phi) is 6.60. The van der Waals surface area contributed by atoms with Gasteiger partial charge < -0.3 is 14.7 Å². The highest BCUT2D eigenvalue weighted by Crippen LogP contribution is 2.25. The number of hydrogen-bond donors (Lipinski definition) is 1. The topological polar surface area (TPSA) is 91.6 Å². The van der Waals surface area contributed by atoms with Gasteiger partial charge in [-0.2, -0.15) is 4.98 Å². The van der Waals surface area contributed by atoms with E-state index in [0.29, 0.717) is 36.2 Å². The lowest BCUT2D eigenvalue weighted by molar-refractivity contribution is -0.121. The molecule has 2 amide bonds. The molecule has 9 heteroatoms. The highest BCUT2D eigenvalue weighted by Gasteiger charge is 2.27. The zero-order valence-corrected chi connectivity index (χ0v) is 19.5. The number of aromatic nitrogens is 2. The van der Waals surface area contributed by atoms with E-state index in [4.69, 9.17) is 16.1 Å². The van der Waals surface area contributed by atoms with E-state index in [-0.39, 0.29) is 17.7 Å². The molecule has 2 aliphatic heterocycles. The van der Waals surface area contributed by atoms with Crippen molar-refractivity contribution in [1.82, 2.24) is 15.0 Å². The summed E-state index contributed by atoms with van der Waals surface area (Å²) >= 11 is 5.94. The summed E-state index contributed by atoms with van der Waals surface area (Å²) in [6.07, 6.45) is 3.25. The van der Waals surface area contributed by atoms with Crippen molar-refractivity contribution in [1.29, 1.82) is 0 Å². The molecular formula is C25H26ClN5O3. The predicted molar refractivity (Wildman–Crippen MR) is 129 cm³/mol. The Morgan fingerprint density at radius 2 is 1.88 bits per heavy atom. The highest BCUT2D eigenvalue weighted by atomic mass is 35.5. The van der Waals surface area contributed by atoms with Crippen LogP contribution < -0.4 is 10.2 Å². The summed E-state index contributed by atoms with van der Waals surface area (Å²) in [5.41, 5.74) is 2.46. The Hall–Kier alpha value is -3.23. The summed E-state index contributed by atoms with van der Waals surface area (Å²) in [6.45, 7) is 2.76. The van der Waals surface area contributed by atoms with Gasteiger partial charge in [0.25, 0.3) is 0 Å². The molecule has 0 bridgehead atoms. The van der Waals surface area contributed by atoms with Crippen LogP contribution in [0, 0.1) is 5.92 Å². The summed E-state index contributed by atoms with van der Waals surface area (Å²) in [4.78, 5) is 33.3. The Labute approximate surface area is 202 Å². The fourth-order valence-corrected chi connectivity index (χ4v) is 4.66. The third kappa shape index (κ3) is 5.13. The number of nitrogens with zero attached hydrogens (tertiary/aromatic N) is 4. The molecule has 1 atom stereocenters. The molecule has 3 aromatic rings. The van der Waals surface area contributed by atoms with Crippen molar-refractivity contribution in [2.45, 2.75) is 32.2 Å². The van der Waals surface area contributed by atoms with Crippen molar-refractivity contribution in [3.8, 4) is 11.4 Å². The molecule has 176 valence electrons. The molecule has 5 rings (SSSR count). The number of hydrogen-bond acceptors (Lipinski definition) is 6. The average molecular weight is 480 g/mol. The van der Waals surface area contributed by atoms with Crippen LogP contribution in [0.2, 0.25) is 5.02 Å². The number of benzene rings is 2. The Bertz CT molecular complexity index is 1160. The number of carbonyl (C=O) groups is 2. The molecule has 2 aromatic carbocycles. The van der Waals surface area contributed by atoms with Gasteiger partial charge in [-0.15, -0.1) is 0 Å². The van der Waals surface area contributed by atoms with E-state index in [1.54, 1.807) is 17.0 Å². The first-order valence-corrected chi connectivity index (χ1v) is 11.9. The number of likely N-dealkylation sites (tertiary alicyclic amines) is 1. The number of anilines is 2. The first kappa shape index (κ1) is 22.6. The number of rotatable bonds is 6. The zero-order chi connectivity index (χ0) is 23.5. The van der Waals surface area contributed by atoms with Crippen molar-refractivity contribution in [2.75, 3.05) is 29.9 Å². The molecule has 1 unspecified atom stereocenters. The Morgan fingerprint density at radius 1 is 1.09 bits per heavy atom. The van der Waals surface area contributed by atoms with E-state index in [1.165, 1.54) is 0 Å². The van der Waals surface area contributed by atoms with E-state index in [1.807, 2.05) is 36.4 Å². The van der Waals surface area contributed by atoms with Crippen LogP contribution >= 0.6 is 11.6 Å². The molecular weight excluding hydrogens is 454 g/mol. The molecule has 1 N–H and O–H groups in total. The largest absolute Gasteiger partial charge is 0.338 e. The lowest BCUT2D eigenvalue weighted by atomic mass is 9.97. The van der Waals surface area contributed by atoms with Gasteiger partial charge in [0, 0.05) is 41.5 Å². The minimum atomic E-state index is -0.118. The van der Waals surface area contributed by atoms with Crippen LogP contribution in [0.1, 0.15) is 31.6 Å². The van der Waals surface area contributed by atoms with Crippen molar-refractivity contribution in [3.05, 3.63) is 59.4 Å². The summed E-state index contributed by atoms with van der Waals surface area (Å²) in [5.74, 6) is 1.09. The van der Waals surface area contributed by atoms with E-state index < -0.39 is 0 Å². The van der Waals surface area contributed by atoms with E-state index in [9.17, 15) is 9.59 Å². The minimum Gasteiger partial charge on any atom is -0.338 e. The van der Waals surface area contributed by atoms with Gasteiger partial charge >= 0.3 is 0 Å². The van der Waals surface area contributed by atoms with Gasteiger partial charge in [0.15, 0.2) is 0 Å². The van der Waals surface area contributed by atoms with Gasteiger partial charge in [-0.3, -0.25) is 14.5 Å². The number of carbonyl (C=O) groups excluding carboxylic acids is 2. The normalized spacial score (nSPS) is 18.9. The summed E-state index contributed by atoms with van der Waals surface area (Å²) in [5, 5.41) is 7.75. The standard InChI is InChI=1S/C25H26ClN5O3/c26-19-7-5-17(6-8-19)24-28-22(34-29-24)16-30-13-1-3-18(15-30)25(33)27-20-9-11-21(12-10-20)31-14-2-4-23(31)32/h5-12,18H,1-4,13-16H2,(H,27,33). The van der Waals surface area contributed by atoms with E-state index in [2.05, 4.69) is 20.4 Å². The maximum absolute atomic E-state index is 12.9. The van der Waals surface area contributed by atoms with Gasteiger partial charge in [-0.1, -0.05) is 16.8 Å². The van der Waals surface area contributed by atoms with Crippen molar-refractivity contribution in [3.63, 3.8) is 0 Å². The minimum absolute atomic E-state index is 0.00193. The van der Waals surface area contributed by atoms with Gasteiger partial charge in [0.1, 0.15) is 0 Å². The average Bonchev–Trinajstić information content (AvgIpc) is 3.49. The lowest BCUT2D eigenvalue weighted by Crippen LogP contribution is -2.40. The Balaban J connectivity index is 1.16. The third-order valence-corrected chi connectivity index (χ3v) is 6.58. The maximum atomic E-state index is 12.9. The molecule has 0 spiro atoms. The van der Waals surface area contributed by atoms with Crippen LogP contribution in [-0.4, -0.2) is 46.5 Å². The molecule has 1 aromatic heterocycles. The van der Waals surface area contributed by atoms with Crippen molar-refractivity contribution in [2.24, 2.45) is 5.92 Å². The fraction of sp³-hybridized carbons (Fsp3) is 0.360. The molecule has 34 heavy (non-hydrogen) atoms. The maximum Gasteiger partial charge on any atom is 0.241 e. The van der Waals surface area contributed by atoms with Crippen LogP contribution in [0.15, 0.2) is 53.1 Å². The fourth-order valence-electron chi connectivity index (χ4n) is 4.53. The monoisotopic (exact) mass is 479 g/mol. The van der Waals surface area contributed by atoms with Crippen LogP contribution in [0.3, 0.4) is 0 Å². The summed E-state index contributed by atoms with van der Waals surface area (Å²) < 4.78 is 5.44. The van der Waals surface area contributed by atoms with Crippen LogP contribution in [-0.2, 0) is 16.1 Å². The zero-order valence-electron chi connectivity index (χ0n) is 18.7.